The third kappa shape index (κ3) is 3.03. The Kier molecular flexibility index (Phi) is 4.74. The second-order valence-corrected chi connectivity index (χ2v) is 7.44. The summed E-state index contributed by atoms with van der Waals surface area (Å²) < 4.78 is 13.8. The van der Waals surface area contributed by atoms with E-state index < -0.39 is 24.5 Å². The molecule has 148 valence electrons. The summed E-state index contributed by atoms with van der Waals surface area (Å²) in [4.78, 5) is 52.4. The van der Waals surface area contributed by atoms with Gasteiger partial charge < -0.3 is 0 Å². The zero-order valence-electron chi connectivity index (χ0n) is 15.8. The lowest BCUT2D eigenvalue weighted by Crippen LogP contribution is -2.43. The van der Waals surface area contributed by atoms with Crippen LogP contribution in [-0.4, -0.2) is 52.7 Å². The molecule has 2 heterocycles. The van der Waals surface area contributed by atoms with Crippen LogP contribution in [-0.2, 0) is 0 Å². The Labute approximate surface area is 166 Å². The summed E-state index contributed by atoms with van der Waals surface area (Å²) >= 11 is 0. The second kappa shape index (κ2) is 7.24. The molecule has 2 aromatic rings. The maximum absolute atomic E-state index is 13.8. The molecule has 6 nitrogen and oxygen atoms in total. The molecule has 4 rings (SSSR count). The Morgan fingerprint density at radius 1 is 0.759 bits per heavy atom. The lowest BCUT2D eigenvalue weighted by Gasteiger charge is -2.27. The summed E-state index contributed by atoms with van der Waals surface area (Å²) in [6, 6.07) is 12.0. The molecule has 0 fully saturated rings. The second-order valence-electron chi connectivity index (χ2n) is 7.44. The van der Waals surface area contributed by atoms with Crippen molar-refractivity contribution in [1.82, 2.24) is 9.80 Å². The molecule has 0 radical (unpaired) electrons. The van der Waals surface area contributed by atoms with Gasteiger partial charge in [-0.1, -0.05) is 31.2 Å². The predicted molar refractivity (Wildman–Crippen MR) is 102 cm³/mol. The number of hydrogen-bond acceptors (Lipinski definition) is 4. The van der Waals surface area contributed by atoms with Gasteiger partial charge in [-0.3, -0.25) is 29.0 Å². The third-order valence-corrected chi connectivity index (χ3v) is 5.42. The van der Waals surface area contributed by atoms with Gasteiger partial charge in [0.2, 0.25) is 0 Å². The van der Waals surface area contributed by atoms with Gasteiger partial charge in [0.05, 0.1) is 28.3 Å². The Balaban J connectivity index is 1.48. The van der Waals surface area contributed by atoms with E-state index >= 15 is 0 Å². The molecule has 2 aromatic carbocycles. The van der Waals surface area contributed by atoms with Crippen LogP contribution in [0.4, 0.5) is 4.39 Å². The number of carbonyl (C=O) groups is 4. The summed E-state index contributed by atoms with van der Waals surface area (Å²) in [6.07, 6.45) is 0.148. The minimum absolute atomic E-state index is 0.0893. The number of hydrogen-bond donors (Lipinski definition) is 0. The highest BCUT2D eigenvalue weighted by Gasteiger charge is 2.41. The first kappa shape index (κ1) is 19.0. The summed E-state index contributed by atoms with van der Waals surface area (Å²) in [5, 5.41) is 0. The van der Waals surface area contributed by atoms with Crippen molar-refractivity contribution in [3.05, 3.63) is 70.8 Å². The first-order chi connectivity index (χ1) is 13.9. The Morgan fingerprint density at radius 2 is 1.17 bits per heavy atom. The number of nitrogens with zero attached hydrogens (tertiary/aromatic N) is 2. The van der Waals surface area contributed by atoms with E-state index in [4.69, 9.17) is 0 Å². The molecule has 2 aliphatic rings. The number of rotatable bonds is 6. The van der Waals surface area contributed by atoms with Gasteiger partial charge in [-0.05, 0) is 36.6 Å². The fourth-order valence-corrected chi connectivity index (χ4v) is 4.03. The van der Waals surface area contributed by atoms with Gasteiger partial charge >= 0.3 is 0 Å². The SMILES string of the molecule is CC(CC(CF)N1C(=O)c2ccccc2C1=O)CN1C(=O)c2ccccc2C1=O. The van der Waals surface area contributed by atoms with E-state index in [0.717, 1.165) is 9.80 Å². The Morgan fingerprint density at radius 3 is 1.59 bits per heavy atom. The van der Waals surface area contributed by atoms with Gasteiger partial charge in [0.15, 0.2) is 0 Å². The van der Waals surface area contributed by atoms with Crippen molar-refractivity contribution < 1.29 is 23.6 Å². The molecule has 0 saturated carbocycles. The quantitative estimate of drug-likeness (QED) is 0.706. The van der Waals surface area contributed by atoms with Crippen molar-refractivity contribution in [3.63, 3.8) is 0 Å². The Bertz CT molecular complexity index is 965. The van der Waals surface area contributed by atoms with Crippen LogP contribution in [0.2, 0.25) is 0 Å². The molecule has 2 atom stereocenters. The van der Waals surface area contributed by atoms with Crippen molar-refractivity contribution in [3.8, 4) is 0 Å². The summed E-state index contributed by atoms with van der Waals surface area (Å²) in [7, 11) is 0. The van der Waals surface area contributed by atoms with Crippen molar-refractivity contribution >= 4 is 23.6 Å². The van der Waals surface area contributed by atoms with Crippen molar-refractivity contribution in [1.29, 1.82) is 0 Å². The van der Waals surface area contributed by atoms with Crippen LogP contribution < -0.4 is 0 Å². The average molecular weight is 394 g/mol. The maximum Gasteiger partial charge on any atom is 0.261 e. The number of amides is 4. The zero-order valence-corrected chi connectivity index (χ0v) is 15.8. The van der Waals surface area contributed by atoms with Crippen LogP contribution in [0.1, 0.15) is 54.8 Å². The van der Waals surface area contributed by atoms with Crippen molar-refractivity contribution in [2.75, 3.05) is 13.2 Å². The number of alkyl halides is 1. The highest BCUT2D eigenvalue weighted by Crippen LogP contribution is 2.29. The minimum atomic E-state index is -0.951. The lowest BCUT2D eigenvalue weighted by atomic mass is 10.0. The molecular formula is C22H19FN2O4. The molecule has 0 saturated heterocycles. The summed E-state index contributed by atoms with van der Waals surface area (Å²) in [5.74, 6) is -2.09. The van der Waals surface area contributed by atoms with Crippen LogP contribution in [0.3, 0.4) is 0 Å². The summed E-state index contributed by atoms with van der Waals surface area (Å²) in [5.41, 5.74) is 1.24. The van der Waals surface area contributed by atoms with E-state index in [1.54, 1.807) is 55.5 Å². The Hall–Kier alpha value is -3.35. The largest absolute Gasteiger partial charge is 0.274 e. The molecule has 0 N–H and O–H groups in total. The van der Waals surface area contributed by atoms with Crippen LogP contribution in [0.25, 0.3) is 0 Å². The van der Waals surface area contributed by atoms with E-state index in [1.165, 1.54) is 0 Å². The van der Waals surface area contributed by atoms with Crippen LogP contribution in [0.15, 0.2) is 48.5 Å². The normalized spacial score (nSPS) is 17.6. The molecule has 0 bridgehead atoms. The first-order valence-corrected chi connectivity index (χ1v) is 9.42. The fourth-order valence-electron chi connectivity index (χ4n) is 4.03. The molecule has 0 aromatic heterocycles. The molecule has 4 amide bonds. The number of fused-ring (bicyclic) bond motifs is 2. The predicted octanol–water partition coefficient (Wildman–Crippen LogP) is 2.94. The van der Waals surface area contributed by atoms with E-state index in [0.29, 0.717) is 11.1 Å². The molecule has 0 spiro atoms. The number of carbonyl (C=O) groups excluding carboxylic acids is 4. The van der Waals surface area contributed by atoms with Crippen LogP contribution in [0, 0.1) is 5.92 Å². The molecule has 29 heavy (non-hydrogen) atoms. The van der Waals surface area contributed by atoms with Gasteiger partial charge in [-0.15, -0.1) is 0 Å². The highest BCUT2D eigenvalue weighted by molar-refractivity contribution is 6.22. The first-order valence-electron chi connectivity index (χ1n) is 9.42. The van der Waals surface area contributed by atoms with E-state index in [-0.39, 0.29) is 41.8 Å². The van der Waals surface area contributed by atoms with Crippen LogP contribution >= 0.6 is 0 Å². The zero-order chi connectivity index (χ0) is 20.7. The average Bonchev–Trinajstić information content (AvgIpc) is 3.13. The number of halogens is 1. The van der Waals surface area contributed by atoms with E-state index in [1.807, 2.05) is 0 Å². The summed E-state index contributed by atoms with van der Waals surface area (Å²) in [6.45, 7) is 0.967. The minimum Gasteiger partial charge on any atom is -0.274 e. The highest BCUT2D eigenvalue weighted by atomic mass is 19.1. The molecular weight excluding hydrogens is 375 g/mol. The topological polar surface area (TPSA) is 74.8 Å². The van der Waals surface area contributed by atoms with Crippen molar-refractivity contribution in [2.45, 2.75) is 19.4 Å². The monoisotopic (exact) mass is 394 g/mol. The van der Waals surface area contributed by atoms with E-state index in [2.05, 4.69) is 0 Å². The lowest BCUT2D eigenvalue weighted by molar-refractivity contribution is 0.0502. The van der Waals surface area contributed by atoms with Gasteiger partial charge in [-0.2, -0.15) is 0 Å². The molecule has 2 unspecified atom stereocenters. The molecule has 2 aliphatic heterocycles. The molecule has 0 aliphatic carbocycles. The maximum atomic E-state index is 13.8. The smallest absolute Gasteiger partial charge is 0.261 e. The third-order valence-electron chi connectivity index (χ3n) is 5.42. The number of benzene rings is 2. The van der Waals surface area contributed by atoms with Gasteiger partial charge in [-0.25, -0.2) is 4.39 Å². The van der Waals surface area contributed by atoms with Crippen LogP contribution in [0.5, 0.6) is 0 Å². The number of imide groups is 2. The van der Waals surface area contributed by atoms with Gasteiger partial charge in [0, 0.05) is 6.54 Å². The van der Waals surface area contributed by atoms with Gasteiger partial charge in [0.1, 0.15) is 6.67 Å². The van der Waals surface area contributed by atoms with Gasteiger partial charge in [0.25, 0.3) is 23.6 Å². The molecule has 7 heteroatoms. The standard InChI is InChI=1S/C22H19FN2O4/c1-13(12-24-19(26)15-6-2-3-7-16(15)20(24)27)10-14(11-23)25-21(28)17-8-4-5-9-18(17)22(25)29/h2-9,13-14H,10-12H2,1H3. The van der Waals surface area contributed by atoms with Crippen molar-refractivity contribution in [2.24, 2.45) is 5.92 Å². The van der Waals surface area contributed by atoms with E-state index in [9.17, 15) is 23.6 Å². The fraction of sp³-hybridized carbons (Fsp3) is 0.273.